The number of halogens is 1. The zero-order valence-corrected chi connectivity index (χ0v) is 10.8. The van der Waals surface area contributed by atoms with E-state index in [1.165, 1.54) is 0 Å². The molecule has 16 heavy (non-hydrogen) atoms. The molecule has 1 heterocycles. The molecule has 1 aliphatic heterocycles. The average Bonchev–Trinajstić information content (AvgIpc) is 2.30. The van der Waals surface area contributed by atoms with Crippen molar-refractivity contribution in [1.29, 1.82) is 0 Å². The van der Waals surface area contributed by atoms with E-state index in [1.54, 1.807) is 7.11 Å². The molecule has 1 fully saturated rings. The lowest BCUT2D eigenvalue weighted by Gasteiger charge is -2.29. The second-order valence-corrected chi connectivity index (χ2v) is 4.76. The molecule has 86 valence electrons. The number of ether oxygens (including phenoxy) is 1. The number of hydrogen-bond acceptors (Lipinski definition) is 3. The van der Waals surface area contributed by atoms with Crippen molar-refractivity contribution in [2.24, 2.45) is 0 Å². The minimum absolute atomic E-state index is 0.352. The molecule has 1 saturated heterocycles. The third-order valence-corrected chi connectivity index (χ3v) is 3.30. The van der Waals surface area contributed by atoms with Gasteiger partial charge in [0, 0.05) is 30.4 Å². The lowest BCUT2D eigenvalue weighted by molar-refractivity contribution is -0.119. The van der Waals surface area contributed by atoms with Gasteiger partial charge in [-0.05, 0) is 18.2 Å². The molecule has 1 aliphatic rings. The van der Waals surface area contributed by atoms with Crippen LogP contribution < -0.4 is 9.64 Å². The van der Waals surface area contributed by atoms with Crippen LogP contribution in [0, 0.1) is 0 Å². The summed E-state index contributed by atoms with van der Waals surface area (Å²) >= 11 is 3.45. The molecule has 0 saturated carbocycles. The lowest BCUT2D eigenvalue weighted by atomic mass is 10.1. The maximum atomic E-state index is 11.2. The number of Topliss-reactive ketones (excluding diaryl/α,β-unsaturated/α-hetero) is 1. The second kappa shape index (κ2) is 4.87. The van der Waals surface area contributed by atoms with E-state index in [0.717, 1.165) is 29.0 Å². The minimum Gasteiger partial charge on any atom is -0.495 e. The first-order chi connectivity index (χ1) is 7.70. The Bertz CT molecular complexity index is 396. The number of rotatable bonds is 2. The summed E-state index contributed by atoms with van der Waals surface area (Å²) in [5, 5.41) is 0. The van der Waals surface area contributed by atoms with E-state index in [0.29, 0.717) is 18.6 Å². The quantitative estimate of drug-likeness (QED) is 0.836. The van der Waals surface area contributed by atoms with Gasteiger partial charge in [0.15, 0.2) is 0 Å². The van der Waals surface area contributed by atoms with Crippen molar-refractivity contribution >= 4 is 27.4 Å². The predicted octanol–water partition coefficient (Wildman–Crippen LogP) is 2.63. The van der Waals surface area contributed by atoms with E-state index in [9.17, 15) is 4.79 Å². The Morgan fingerprint density at radius 2 is 2.00 bits per heavy atom. The number of benzene rings is 1. The number of anilines is 1. The molecule has 0 radical (unpaired) electrons. The highest BCUT2D eigenvalue weighted by atomic mass is 79.9. The summed E-state index contributed by atoms with van der Waals surface area (Å²) in [6.07, 6.45) is 1.27. The topological polar surface area (TPSA) is 29.5 Å². The number of piperidine rings is 1. The molecule has 1 aromatic carbocycles. The van der Waals surface area contributed by atoms with Crippen LogP contribution in [-0.4, -0.2) is 26.0 Å². The third kappa shape index (κ3) is 2.38. The van der Waals surface area contributed by atoms with E-state index < -0.39 is 0 Å². The van der Waals surface area contributed by atoms with Crippen molar-refractivity contribution in [3.8, 4) is 5.75 Å². The standard InChI is InChI=1S/C12H14BrNO2/c1-16-12-3-2-9(13)8-11(12)14-6-4-10(15)5-7-14/h2-3,8H,4-7H2,1H3. The number of hydrogen-bond donors (Lipinski definition) is 0. The van der Waals surface area contributed by atoms with Gasteiger partial charge in [0.05, 0.1) is 12.8 Å². The van der Waals surface area contributed by atoms with Crippen LogP contribution in [0.1, 0.15) is 12.8 Å². The highest BCUT2D eigenvalue weighted by molar-refractivity contribution is 9.10. The second-order valence-electron chi connectivity index (χ2n) is 3.84. The zero-order valence-electron chi connectivity index (χ0n) is 9.20. The van der Waals surface area contributed by atoms with Gasteiger partial charge in [-0.2, -0.15) is 0 Å². The summed E-state index contributed by atoms with van der Waals surface area (Å²) in [5.74, 6) is 1.21. The first-order valence-electron chi connectivity index (χ1n) is 5.31. The van der Waals surface area contributed by atoms with E-state index in [-0.39, 0.29) is 0 Å². The van der Waals surface area contributed by atoms with E-state index >= 15 is 0 Å². The predicted molar refractivity (Wildman–Crippen MR) is 67.1 cm³/mol. The van der Waals surface area contributed by atoms with Crippen LogP contribution in [0.15, 0.2) is 22.7 Å². The molecule has 0 spiro atoms. The Morgan fingerprint density at radius 1 is 1.31 bits per heavy atom. The molecule has 0 aliphatic carbocycles. The summed E-state index contributed by atoms with van der Waals surface area (Å²) in [5.41, 5.74) is 1.06. The van der Waals surface area contributed by atoms with E-state index in [4.69, 9.17) is 4.74 Å². The first-order valence-corrected chi connectivity index (χ1v) is 6.10. The van der Waals surface area contributed by atoms with Gasteiger partial charge in [-0.1, -0.05) is 15.9 Å². The number of nitrogens with zero attached hydrogens (tertiary/aromatic N) is 1. The molecule has 0 unspecified atom stereocenters. The van der Waals surface area contributed by atoms with Crippen molar-refractivity contribution in [2.45, 2.75) is 12.8 Å². The maximum Gasteiger partial charge on any atom is 0.142 e. The van der Waals surface area contributed by atoms with Gasteiger partial charge >= 0.3 is 0 Å². The van der Waals surface area contributed by atoms with Gasteiger partial charge in [0.2, 0.25) is 0 Å². The van der Waals surface area contributed by atoms with Crippen LogP contribution in [0.4, 0.5) is 5.69 Å². The van der Waals surface area contributed by atoms with Crippen molar-refractivity contribution in [2.75, 3.05) is 25.1 Å². The van der Waals surface area contributed by atoms with Crippen LogP contribution in [0.2, 0.25) is 0 Å². The molecular formula is C12H14BrNO2. The summed E-state index contributed by atoms with van der Waals surface area (Å²) in [7, 11) is 1.67. The smallest absolute Gasteiger partial charge is 0.142 e. The Morgan fingerprint density at radius 3 is 2.62 bits per heavy atom. The maximum absolute atomic E-state index is 11.2. The van der Waals surface area contributed by atoms with Gasteiger partial charge in [0.25, 0.3) is 0 Å². The molecule has 0 N–H and O–H groups in total. The number of carbonyl (C=O) groups excluding carboxylic acids is 1. The van der Waals surface area contributed by atoms with Crippen LogP contribution in [0.25, 0.3) is 0 Å². The highest BCUT2D eigenvalue weighted by Crippen LogP contribution is 2.32. The summed E-state index contributed by atoms with van der Waals surface area (Å²) in [6.45, 7) is 1.57. The fourth-order valence-electron chi connectivity index (χ4n) is 1.91. The zero-order chi connectivity index (χ0) is 11.5. The molecule has 2 rings (SSSR count). The largest absolute Gasteiger partial charge is 0.495 e. The van der Waals surface area contributed by atoms with Crippen LogP contribution >= 0.6 is 15.9 Å². The number of methoxy groups -OCH3 is 1. The Kier molecular flexibility index (Phi) is 3.49. The van der Waals surface area contributed by atoms with Crippen molar-refractivity contribution < 1.29 is 9.53 Å². The van der Waals surface area contributed by atoms with Crippen molar-refractivity contribution in [3.05, 3.63) is 22.7 Å². The molecule has 3 nitrogen and oxygen atoms in total. The number of carbonyl (C=O) groups is 1. The molecule has 0 atom stereocenters. The van der Waals surface area contributed by atoms with Crippen LogP contribution in [-0.2, 0) is 4.79 Å². The Balaban J connectivity index is 2.24. The average molecular weight is 284 g/mol. The third-order valence-electron chi connectivity index (χ3n) is 2.80. The summed E-state index contributed by atoms with van der Waals surface area (Å²) < 4.78 is 6.36. The van der Waals surface area contributed by atoms with Gasteiger partial charge in [-0.3, -0.25) is 4.79 Å². The highest BCUT2D eigenvalue weighted by Gasteiger charge is 2.19. The van der Waals surface area contributed by atoms with Crippen molar-refractivity contribution in [1.82, 2.24) is 0 Å². The van der Waals surface area contributed by atoms with E-state index in [1.807, 2.05) is 18.2 Å². The monoisotopic (exact) mass is 283 g/mol. The summed E-state index contributed by atoms with van der Waals surface area (Å²) in [6, 6.07) is 5.93. The van der Waals surface area contributed by atoms with Crippen molar-refractivity contribution in [3.63, 3.8) is 0 Å². The van der Waals surface area contributed by atoms with E-state index in [2.05, 4.69) is 20.8 Å². The normalized spacial score (nSPS) is 16.4. The lowest BCUT2D eigenvalue weighted by Crippen LogP contribution is -2.33. The molecule has 0 aromatic heterocycles. The molecule has 0 bridgehead atoms. The van der Waals surface area contributed by atoms with Crippen LogP contribution in [0.3, 0.4) is 0 Å². The Labute approximate surface area is 104 Å². The van der Waals surface area contributed by atoms with Gasteiger partial charge in [-0.25, -0.2) is 0 Å². The number of ketones is 1. The molecule has 4 heteroatoms. The van der Waals surface area contributed by atoms with Gasteiger partial charge in [0.1, 0.15) is 11.5 Å². The Hall–Kier alpha value is -1.03. The van der Waals surface area contributed by atoms with Crippen LogP contribution in [0.5, 0.6) is 5.75 Å². The summed E-state index contributed by atoms with van der Waals surface area (Å²) in [4.78, 5) is 13.4. The fourth-order valence-corrected chi connectivity index (χ4v) is 2.26. The van der Waals surface area contributed by atoms with Gasteiger partial charge in [-0.15, -0.1) is 0 Å². The van der Waals surface area contributed by atoms with Gasteiger partial charge < -0.3 is 9.64 Å². The molecular weight excluding hydrogens is 270 g/mol. The molecule has 0 amide bonds. The fraction of sp³-hybridized carbons (Fsp3) is 0.417. The minimum atomic E-state index is 0.352. The SMILES string of the molecule is COc1ccc(Br)cc1N1CCC(=O)CC1. The first kappa shape index (κ1) is 11.5. The molecule has 1 aromatic rings.